The predicted molar refractivity (Wildman–Crippen MR) is 145 cm³/mol. The fraction of sp³-hybridized carbons (Fsp3) is 0.893. The molecule has 1 aliphatic heterocycles. The topological polar surface area (TPSA) is 108 Å². The molecule has 1 fully saturated rings. The Labute approximate surface area is 266 Å². The van der Waals surface area contributed by atoms with Gasteiger partial charge in [0, 0.05) is 0 Å². The highest BCUT2D eigenvalue weighted by Gasteiger charge is 2.86. The van der Waals surface area contributed by atoms with E-state index in [1.807, 2.05) is 0 Å². The van der Waals surface area contributed by atoms with Gasteiger partial charge in [-0.15, -0.1) is 0 Å². The lowest BCUT2D eigenvalue weighted by molar-refractivity contribution is -0.410. The van der Waals surface area contributed by atoms with Crippen LogP contribution in [0.4, 0.5) is 48.3 Å². The molecule has 0 aromatic rings. The third-order valence-corrected chi connectivity index (χ3v) is 7.26. The second kappa shape index (κ2) is 15.4. The van der Waals surface area contributed by atoms with Gasteiger partial charge >= 0.3 is 48.1 Å². The van der Waals surface area contributed by atoms with Crippen molar-refractivity contribution in [3.05, 3.63) is 0 Å². The van der Waals surface area contributed by atoms with E-state index in [1.54, 1.807) is 6.92 Å². The molecule has 1 rings (SSSR count). The van der Waals surface area contributed by atoms with Crippen LogP contribution in [0.25, 0.3) is 0 Å². The van der Waals surface area contributed by atoms with E-state index in [0.29, 0.717) is 6.92 Å². The van der Waals surface area contributed by atoms with Crippen molar-refractivity contribution in [3.63, 3.8) is 0 Å². The normalized spacial score (nSPS) is 21.8. The molecule has 0 aliphatic carbocycles. The third kappa shape index (κ3) is 9.81. The van der Waals surface area contributed by atoms with Gasteiger partial charge in [-0.05, 0) is 47.5 Å². The van der Waals surface area contributed by atoms with Crippen LogP contribution in [0.15, 0.2) is 0 Å². The molecule has 1 saturated heterocycles. The molecule has 282 valence electrons. The molecule has 0 radical (unpaired) electrons. The number of halogens is 11. The molecule has 0 aromatic carbocycles. The van der Waals surface area contributed by atoms with Gasteiger partial charge in [-0.25, -0.2) is 0 Å². The van der Waals surface area contributed by atoms with Crippen molar-refractivity contribution in [3.8, 4) is 0 Å². The fourth-order valence-corrected chi connectivity index (χ4v) is 2.85. The summed E-state index contributed by atoms with van der Waals surface area (Å²) in [6.45, 7) is 7.99. The first-order valence-corrected chi connectivity index (χ1v) is 13.2. The first-order chi connectivity index (χ1) is 19.7. The second-order valence-corrected chi connectivity index (χ2v) is 12.1. The van der Waals surface area contributed by atoms with Gasteiger partial charge in [0.05, 0.1) is 23.4 Å². The maximum absolute atomic E-state index is 14.9. The van der Waals surface area contributed by atoms with Crippen LogP contribution in [0.5, 0.6) is 0 Å². The Morgan fingerprint density at radius 2 is 1.17 bits per heavy atom. The maximum Gasteiger partial charge on any atom is 0.462 e. The summed E-state index contributed by atoms with van der Waals surface area (Å²) in [4.78, 5) is 35.1. The molecular weight excluding hydrogens is 673 g/mol. The number of alkyl halides is 11. The molecule has 47 heavy (non-hydrogen) atoms. The zero-order chi connectivity index (χ0) is 36.5. The zero-order valence-corrected chi connectivity index (χ0v) is 25.9. The van der Waals surface area contributed by atoms with Crippen molar-refractivity contribution in [1.29, 1.82) is 0 Å². The molecule has 1 heterocycles. The van der Waals surface area contributed by atoms with Crippen molar-refractivity contribution < 1.29 is 86.7 Å². The lowest BCUT2D eigenvalue weighted by atomic mass is 9.89. The standard InChI is InChI=1S/C16H23F5O5.C10H14F6O3.2CH4/c1-7-12(4,5)11(23)26-13(6)8-24-15(14(13,17)18,16(19,20)21)25-10(22)9(2)3;1-4-7(2,3)6(17)19-5-8(18,9(11,12)13)10(14,15)16;;/h9H,7-8H2,1-6H3;18H,4-5H2,1-3H3;2*1H4. The summed E-state index contributed by atoms with van der Waals surface area (Å²) < 4.78 is 161. The lowest BCUT2D eigenvalue weighted by Gasteiger charge is -2.39. The average molecular weight is 719 g/mol. The van der Waals surface area contributed by atoms with E-state index < -0.39 is 89.3 Å². The van der Waals surface area contributed by atoms with E-state index >= 15 is 0 Å². The van der Waals surface area contributed by atoms with Crippen LogP contribution in [0.3, 0.4) is 0 Å². The molecular formula is C28H45F11O8. The molecule has 2 atom stereocenters. The smallest absolute Gasteiger partial charge is 0.461 e. The molecule has 0 spiro atoms. The zero-order valence-electron chi connectivity index (χ0n) is 25.9. The summed E-state index contributed by atoms with van der Waals surface area (Å²) in [5.41, 5.74) is -10.5. The minimum Gasteiger partial charge on any atom is -0.461 e. The minimum atomic E-state index is -6.00. The molecule has 0 bridgehead atoms. The highest BCUT2D eigenvalue weighted by molar-refractivity contribution is 5.77. The Morgan fingerprint density at radius 1 is 0.787 bits per heavy atom. The van der Waals surface area contributed by atoms with Crippen LogP contribution in [-0.4, -0.2) is 77.7 Å². The van der Waals surface area contributed by atoms with Crippen molar-refractivity contribution >= 4 is 17.9 Å². The lowest BCUT2D eigenvalue weighted by Crippen LogP contribution is -2.65. The number of hydrogen-bond acceptors (Lipinski definition) is 8. The Bertz CT molecular complexity index is 1050. The SMILES string of the molecule is C.C.CCC(C)(C)C(=O)OC1(C)COC(OC(=O)C(C)C)(C(F)(F)F)C1(F)F.CCC(C)(C)C(=O)OCC(O)(C(F)(F)F)C(F)(F)F. The van der Waals surface area contributed by atoms with E-state index in [-0.39, 0.29) is 27.7 Å². The highest BCUT2D eigenvalue weighted by atomic mass is 19.4. The molecule has 19 heteroatoms. The van der Waals surface area contributed by atoms with Crippen molar-refractivity contribution in [2.45, 2.75) is 131 Å². The van der Waals surface area contributed by atoms with Crippen LogP contribution in [-0.2, 0) is 33.3 Å². The number of esters is 3. The van der Waals surface area contributed by atoms with E-state index in [2.05, 4.69) is 14.2 Å². The quantitative estimate of drug-likeness (QED) is 0.146. The van der Waals surface area contributed by atoms with Crippen LogP contribution >= 0.6 is 0 Å². The summed E-state index contributed by atoms with van der Waals surface area (Å²) in [5.74, 6) is -14.4. The molecule has 2 unspecified atom stereocenters. The van der Waals surface area contributed by atoms with Gasteiger partial charge in [0.25, 0.3) is 5.60 Å². The monoisotopic (exact) mass is 718 g/mol. The van der Waals surface area contributed by atoms with Crippen LogP contribution in [0.1, 0.15) is 90.0 Å². The molecule has 8 nitrogen and oxygen atoms in total. The highest BCUT2D eigenvalue weighted by Crippen LogP contribution is 2.57. The van der Waals surface area contributed by atoms with Gasteiger partial charge in [0.15, 0.2) is 0 Å². The number of hydrogen-bond donors (Lipinski definition) is 1. The van der Waals surface area contributed by atoms with Gasteiger partial charge in [0.1, 0.15) is 6.61 Å². The van der Waals surface area contributed by atoms with Crippen molar-refractivity contribution in [2.75, 3.05) is 13.2 Å². The Morgan fingerprint density at radius 3 is 1.49 bits per heavy atom. The van der Waals surface area contributed by atoms with Gasteiger partial charge in [0.2, 0.25) is 5.60 Å². The molecule has 0 saturated carbocycles. The van der Waals surface area contributed by atoms with Crippen LogP contribution < -0.4 is 0 Å². The maximum atomic E-state index is 14.9. The minimum absolute atomic E-state index is 0. The summed E-state index contributed by atoms with van der Waals surface area (Å²) >= 11 is 0. The van der Waals surface area contributed by atoms with E-state index in [9.17, 15) is 62.7 Å². The summed E-state index contributed by atoms with van der Waals surface area (Å²) in [7, 11) is 0. The number of rotatable bonds is 9. The Kier molecular flexibility index (Phi) is 16.0. The second-order valence-electron chi connectivity index (χ2n) is 12.1. The molecule has 0 amide bonds. The number of carbonyl (C=O) groups excluding carboxylic acids is 3. The Hall–Kier alpha value is -2.44. The summed E-state index contributed by atoms with van der Waals surface area (Å²) in [5, 5.41) is 8.74. The van der Waals surface area contributed by atoms with Gasteiger partial charge < -0.3 is 24.1 Å². The largest absolute Gasteiger partial charge is 0.462 e. The van der Waals surface area contributed by atoms with Crippen molar-refractivity contribution in [2.24, 2.45) is 16.7 Å². The molecule has 1 aliphatic rings. The Balaban J connectivity index is -0.000000828. The molecule has 1 N–H and O–H groups in total. The summed E-state index contributed by atoms with van der Waals surface area (Å²) in [6, 6.07) is 0. The van der Waals surface area contributed by atoms with Gasteiger partial charge in [-0.3, -0.25) is 14.4 Å². The number of ether oxygens (including phenoxy) is 4. The fourth-order valence-electron chi connectivity index (χ4n) is 2.85. The van der Waals surface area contributed by atoms with E-state index in [4.69, 9.17) is 9.84 Å². The van der Waals surface area contributed by atoms with Gasteiger partial charge in [-0.2, -0.15) is 48.3 Å². The van der Waals surface area contributed by atoms with E-state index in [0.717, 1.165) is 0 Å². The van der Waals surface area contributed by atoms with E-state index in [1.165, 1.54) is 48.5 Å². The van der Waals surface area contributed by atoms with Crippen LogP contribution in [0, 0.1) is 16.7 Å². The first-order valence-electron chi connectivity index (χ1n) is 13.2. The summed E-state index contributed by atoms with van der Waals surface area (Å²) in [6.07, 6.45) is -17.4. The third-order valence-electron chi connectivity index (χ3n) is 7.26. The first kappa shape index (κ1) is 49.0. The number of aliphatic hydroxyl groups is 1. The average Bonchev–Trinajstić information content (AvgIpc) is 3.06. The van der Waals surface area contributed by atoms with Crippen LogP contribution in [0.2, 0.25) is 0 Å². The van der Waals surface area contributed by atoms with Crippen molar-refractivity contribution in [1.82, 2.24) is 0 Å². The molecule has 0 aromatic heterocycles. The van der Waals surface area contributed by atoms with Gasteiger partial charge in [-0.1, -0.05) is 42.5 Å². The predicted octanol–water partition coefficient (Wildman–Crippen LogP) is 7.94. The number of carbonyl (C=O) groups is 3.